The van der Waals surface area contributed by atoms with Crippen molar-refractivity contribution in [2.24, 2.45) is 5.10 Å². The summed E-state index contributed by atoms with van der Waals surface area (Å²) in [6, 6.07) is 3.78. The van der Waals surface area contributed by atoms with E-state index in [1.807, 2.05) is 12.1 Å². The van der Waals surface area contributed by atoms with Crippen LogP contribution in [-0.4, -0.2) is 54.1 Å². The van der Waals surface area contributed by atoms with Gasteiger partial charge in [0.1, 0.15) is 0 Å². The zero-order valence-electron chi connectivity index (χ0n) is 17.4. The molecule has 9 nitrogen and oxygen atoms in total. The molecule has 1 aromatic carbocycles. The van der Waals surface area contributed by atoms with Crippen molar-refractivity contribution < 1.29 is 9.47 Å². The number of hydrogen-bond donors (Lipinski definition) is 1. The molecule has 2 fully saturated rings. The summed E-state index contributed by atoms with van der Waals surface area (Å²) in [5, 5.41) is 4.38. The lowest BCUT2D eigenvalue weighted by atomic mass is 10.1. The van der Waals surface area contributed by atoms with Gasteiger partial charge in [0.2, 0.25) is 24.6 Å². The van der Waals surface area contributed by atoms with E-state index in [0.717, 1.165) is 53.9 Å². The van der Waals surface area contributed by atoms with Crippen LogP contribution in [0.2, 0.25) is 0 Å². The van der Waals surface area contributed by atoms with Gasteiger partial charge in [-0.15, -0.1) is 0 Å². The molecule has 1 N–H and O–H groups in total. The minimum Gasteiger partial charge on any atom is -0.454 e. The third kappa shape index (κ3) is 4.68. The minimum atomic E-state index is 0.240. The van der Waals surface area contributed by atoms with Gasteiger partial charge in [-0.3, -0.25) is 0 Å². The van der Waals surface area contributed by atoms with Crippen LogP contribution >= 0.6 is 15.9 Å². The summed E-state index contributed by atoms with van der Waals surface area (Å²) >= 11 is 3.55. The maximum atomic E-state index is 5.46. The molecule has 2 aromatic rings. The van der Waals surface area contributed by atoms with Gasteiger partial charge in [-0.25, -0.2) is 5.43 Å². The van der Waals surface area contributed by atoms with E-state index in [9.17, 15) is 0 Å². The highest BCUT2D eigenvalue weighted by Crippen LogP contribution is 2.36. The van der Waals surface area contributed by atoms with Crippen molar-refractivity contribution in [3.05, 3.63) is 22.2 Å². The highest BCUT2D eigenvalue weighted by Gasteiger charge is 2.20. The molecule has 2 saturated heterocycles. The lowest BCUT2D eigenvalue weighted by Crippen LogP contribution is -2.34. The minimum absolute atomic E-state index is 0.240. The van der Waals surface area contributed by atoms with Crippen molar-refractivity contribution in [3.8, 4) is 11.5 Å². The number of hydrazone groups is 1. The van der Waals surface area contributed by atoms with Crippen LogP contribution in [0.3, 0.4) is 0 Å². The zero-order valence-corrected chi connectivity index (χ0v) is 19.0. The van der Waals surface area contributed by atoms with E-state index in [1.54, 1.807) is 6.21 Å². The van der Waals surface area contributed by atoms with Crippen LogP contribution in [0.15, 0.2) is 21.7 Å². The molecule has 0 aliphatic carbocycles. The van der Waals surface area contributed by atoms with E-state index < -0.39 is 0 Å². The topological polar surface area (TPSA) is 88.0 Å². The molecule has 0 atom stereocenters. The molecular formula is C21H26BrN7O2. The van der Waals surface area contributed by atoms with Gasteiger partial charge >= 0.3 is 0 Å². The van der Waals surface area contributed by atoms with Crippen LogP contribution < -0.4 is 24.7 Å². The summed E-state index contributed by atoms with van der Waals surface area (Å²) in [6.45, 7) is 4.17. The molecule has 4 heterocycles. The van der Waals surface area contributed by atoms with Gasteiger partial charge in [-0.05, 0) is 66.6 Å². The van der Waals surface area contributed by atoms with Gasteiger partial charge in [0, 0.05) is 36.2 Å². The predicted octanol–water partition coefficient (Wildman–Crippen LogP) is 3.79. The highest BCUT2D eigenvalue weighted by molar-refractivity contribution is 9.10. The average molecular weight is 488 g/mol. The largest absolute Gasteiger partial charge is 0.454 e. The number of hydrogen-bond acceptors (Lipinski definition) is 9. The molecule has 3 aliphatic rings. The van der Waals surface area contributed by atoms with E-state index >= 15 is 0 Å². The van der Waals surface area contributed by atoms with Gasteiger partial charge in [0.05, 0.1) is 6.21 Å². The van der Waals surface area contributed by atoms with Crippen molar-refractivity contribution in [3.63, 3.8) is 0 Å². The molecule has 0 saturated carbocycles. The quantitative estimate of drug-likeness (QED) is 0.503. The molecule has 5 rings (SSSR count). The number of rotatable bonds is 5. The summed E-state index contributed by atoms with van der Waals surface area (Å²) < 4.78 is 11.7. The Labute approximate surface area is 190 Å². The maximum absolute atomic E-state index is 5.46. The molecule has 3 aliphatic heterocycles. The second kappa shape index (κ2) is 9.25. The fourth-order valence-corrected chi connectivity index (χ4v) is 4.49. The monoisotopic (exact) mass is 487 g/mol. The molecule has 0 unspecified atom stereocenters. The lowest BCUT2D eigenvalue weighted by molar-refractivity contribution is 0.174. The van der Waals surface area contributed by atoms with E-state index in [4.69, 9.17) is 14.5 Å². The van der Waals surface area contributed by atoms with Gasteiger partial charge in [-0.1, -0.05) is 0 Å². The van der Waals surface area contributed by atoms with Gasteiger partial charge < -0.3 is 19.3 Å². The first-order chi connectivity index (χ1) is 15.3. The molecule has 0 amide bonds. The molecule has 164 valence electrons. The Kier molecular flexibility index (Phi) is 6.06. The first-order valence-electron chi connectivity index (χ1n) is 10.9. The normalized spacial score (nSPS) is 18.6. The Morgan fingerprint density at radius 2 is 1.42 bits per heavy atom. The number of benzene rings is 1. The van der Waals surface area contributed by atoms with E-state index in [1.165, 1.54) is 38.5 Å². The predicted molar refractivity (Wildman–Crippen MR) is 123 cm³/mol. The number of aromatic nitrogens is 3. The maximum Gasteiger partial charge on any atom is 0.250 e. The van der Waals surface area contributed by atoms with Crippen LogP contribution in [0.1, 0.15) is 44.1 Å². The summed E-state index contributed by atoms with van der Waals surface area (Å²) in [7, 11) is 0. The number of anilines is 3. The van der Waals surface area contributed by atoms with Gasteiger partial charge in [-0.2, -0.15) is 20.1 Å². The summed E-state index contributed by atoms with van der Waals surface area (Å²) in [6.07, 6.45) is 8.93. The van der Waals surface area contributed by atoms with E-state index in [0.29, 0.717) is 11.7 Å². The second-order valence-electron chi connectivity index (χ2n) is 7.95. The van der Waals surface area contributed by atoms with Crippen LogP contribution in [0.25, 0.3) is 0 Å². The number of nitrogens with one attached hydrogen (secondary N) is 1. The van der Waals surface area contributed by atoms with E-state index in [-0.39, 0.29) is 6.79 Å². The summed E-state index contributed by atoms with van der Waals surface area (Å²) in [5.41, 5.74) is 3.88. The number of fused-ring (bicyclic) bond motifs is 1. The number of ether oxygens (including phenoxy) is 2. The Morgan fingerprint density at radius 3 is 2.03 bits per heavy atom. The molecule has 0 spiro atoms. The fourth-order valence-electron chi connectivity index (χ4n) is 4.07. The molecule has 1 aromatic heterocycles. The van der Waals surface area contributed by atoms with Crippen LogP contribution in [-0.2, 0) is 0 Å². The first-order valence-corrected chi connectivity index (χ1v) is 11.7. The van der Waals surface area contributed by atoms with Crippen LogP contribution in [0.4, 0.5) is 17.8 Å². The number of nitrogens with zero attached hydrogens (tertiary/aromatic N) is 6. The second-order valence-corrected chi connectivity index (χ2v) is 8.81. The molecule has 0 bridgehead atoms. The highest BCUT2D eigenvalue weighted by atomic mass is 79.9. The summed E-state index contributed by atoms with van der Waals surface area (Å²) in [5.74, 6) is 3.37. The molecule has 31 heavy (non-hydrogen) atoms. The Hall–Kier alpha value is -2.62. The average Bonchev–Trinajstić information content (AvgIpc) is 3.27. The third-order valence-electron chi connectivity index (χ3n) is 5.75. The molecular weight excluding hydrogens is 462 g/mol. The molecule has 10 heteroatoms. The zero-order chi connectivity index (χ0) is 21.0. The van der Waals surface area contributed by atoms with Crippen molar-refractivity contribution in [1.82, 2.24) is 15.0 Å². The smallest absolute Gasteiger partial charge is 0.250 e. The Morgan fingerprint density at radius 1 is 0.839 bits per heavy atom. The first kappa shape index (κ1) is 20.3. The van der Waals surface area contributed by atoms with Crippen molar-refractivity contribution in [1.29, 1.82) is 0 Å². The Balaban J connectivity index is 1.37. The fraction of sp³-hybridized carbons (Fsp3) is 0.524. The summed E-state index contributed by atoms with van der Waals surface area (Å²) in [4.78, 5) is 18.6. The van der Waals surface area contributed by atoms with Crippen molar-refractivity contribution in [2.45, 2.75) is 38.5 Å². The SMILES string of the molecule is Brc1cc2c(cc1/C=N/Nc1nc(N3CCCCC3)nc(N3CCCCC3)n1)OCO2. The molecule has 0 radical (unpaired) electrons. The van der Waals surface area contributed by atoms with Crippen molar-refractivity contribution in [2.75, 3.05) is 48.2 Å². The number of piperidine rings is 2. The van der Waals surface area contributed by atoms with E-state index in [2.05, 4.69) is 46.2 Å². The number of halogens is 1. The van der Waals surface area contributed by atoms with Crippen LogP contribution in [0, 0.1) is 0 Å². The lowest BCUT2D eigenvalue weighted by Gasteiger charge is -2.30. The van der Waals surface area contributed by atoms with Crippen LogP contribution in [0.5, 0.6) is 11.5 Å². The van der Waals surface area contributed by atoms with Gasteiger partial charge in [0.25, 0.3) is 0 Å². The standard InChI is InChI=1S/C21H26BrN7O2/c22-16-12-18-17(30-14-31-18)11-15(16)13-23-27-19-24-20(28-7-3-1-4-8-28)26-21(25-19)29-9-5-2-6-10-29/h11-13H,1-10,14H2,(H,24,25,26,27)/b23-13+. The van der Waals surface area contributed by atoms with Gasteiger partial charge in [0.15, 0.2) is 11.5 Å². The Bertz CT molecular complexity index is 923. The van der Waals surface area contributed by atoms with Crippen molar-refractivity contribution >= 4 is 40.0 Å². The third-order valence-corrected chi connectivity index (χ3v) is 6.44.